The van der Waals surface area contributed by atoms with Gasteiger partial charge in [-0.2, -0.15) is 13.7 Å². The van der Waals surface area contributed by atoms with Gasteiger partial charge in [0.05, 0.1) is 16.7 Å². The van der Waals surface area contributed by atoms with Crippen LogP contribution in [0.3, 0.4) is 0 Å². The van der Waals surface area contributed by atoms with Crippen molar-refractivity contribution in [2.75, 3.05) is 0 Å². The lowest BCUT2D eigenvalue weighted by molar-refractivity contribution is 0.486. The molecule has 0 fully saturated rings. The van der Waals surface area contributed by atoms with Gasteiger partial charge in [0.25, 0.3) is 0 Å². The lowest BCUT2D eigenvalue weighted by Crippen LogP contribution is -2.10. The summed E-state index contributed by atoms with van der Waals surface area (Å²) in [6.45, 7) is 3.84. The molecule has 0 saturated heterocycles. The third kappa shape index (κ3) is 5.05. The zero-order chi connectivity index (χ0) is 21.0. The molecule has 6 heteroatoms. The van der Waals surface area contributed by atoms with Crippen LogP contribution in [0.2, 0.25) is 5.02 Å². The third-order valence-corrected chi connectivity index (χ3v) is 5.80. The van der Waals surface area contributed by atoms with E-state index in [9.17, 15) is 13.7 Å². The maximum atomic E-state index is 12.5. The van der Waals surface area contributed by atoms with E-state index in [1.165, 1.54) is 18.2 Å². The second-order valence-electron chi connectivity index (χ2n) is 6.58. The maximum Gasteiger partial charge on any atom is 0.339 e. The van der Waals surface area contributed by atoms with Crippen LogP contribution in [0.25, 0.3) is 11.6 Å². The molecule has 0 radical (unpaired) electrons. The topological polar surface area (TPSA) is 67.2 Å². The number of rotatable bonds is 5. The Morgan fingerprint density at radius 2 is 1.55 bits per heavy atom. The van der Waals surface area contributed by atoms with Crippen molar-refractivity contribution < 1.29 is 12.6 Å². The van der Waals surface area contributed by atoms with Crippen LogP contribution in [0.15, 0.2) is 71.6 Å². The van der Waals surface area contributed by atoms with Gasteiger partial charge in [0, 0.05) is 0 Å². The van der Waals surface area contributed by atoms with Crippen LogP contribution in [0, 0.1) is 25.2 Å². The molecule has 0 spiro atoms. The highest BCUT2D eigenvalue weighted by atomic mass is 35.5. The molecule has 0 unspecified atom stereocenters. The largest absolute Gasteiger partial charge is 0.377 e. The number of hydrogen-bond donors (Lipinski definition) is 0. The molecule has 146 valence electrons. The van der Waals surface area contributed by atoms with E-state index in [-0.39, 0.29) is 15.7 Å². The highest BCUT2D eigenvalue weighted by Gasteiger charge is 2.18. The number of aryl methyl sites for hydroxylation is 2. The lowest BCUT2D eigenvalue weighted by Gasteiger charge is -2.09. The number of halogens is 1. The molecule has 0 aliphatic heterocycles. The molecule has 3 aromatic rings. The summed E-state index contributed by atoms with van der Waals surface area (Å²) in [7, 11) is -3.99. The second-order valence-corrected chi connectivity index (χ2v) is 8.53. The molecule has 0 saturated carbocycles. The first-order chi connectivity index (χ1) is 13.8. The Kier molecular flexibility index (Phi) is 6.07. The summed E-state index contributed by atoms with van der Waals surface area (Å²) in [6.07, 6.45) is 1.69. The first-order valence-electron chi connectivity index (χ1n) is 8.78. The highest BCUT2D eigenvalue weighted by molar-refractivity contribution is 7.87. The predicted octanol–water partition coefficient (Wildman–Crippen LogP) is 5.79. The fourth-order valence-corrected chi connectivity index (χ4v) is 3.85. The van der Waals surface area contributed by atoms with Crippen molar-refractivity contribution >= 4 is 33.4 Å². The van der Waals surface area contributed by atoms with Gasteiger partial charge in [-0.3, -0.25) is 0 Å². The number of hydrogen-bond acceptors (Lipinski definition) is 4. The molecule has 0 atom stereocenters. The Labute approximate surface area is 175 Å². The quantitative estimate of drug-likeness (QED) is 0.296. The summed E-state index contributed by atoms with van der Waals surface area (Å²) in [6, 6.07) is 20.8. The summed E-state index contributed by atoms with van der Waals surface area (Å²) in [5.74, 6) is 0.0261. The summed E-state index contributed by atoms with van der Waals surface area (Å²) < 4.78 is 30.1. The Bertz CT molecular complexity index is 1210. The molecule has 4 nitrogen and oxygen atoms in total. The zero-order valence-electron chi connectivity index (χ0n) is 15.9. The third-order valence-electron chi connectivity index (χ3n) is 4.26. The summed E-state index contributed by atoms with van der Waals surface area (Å²) in [5.41, 5.74) is 3.97. The number of allylic oxidation sites excluding steroid dienone is 1. The van der Waals surface area contributed by atoms with Crippen molar-refractivity contribution in [2.45, 2.75) is 18.7 Å². The molecule has 3 rings (SSSR count). The minimum absolute atomic E-state index is 0.0261. The predicted molar refractivity (Wildman–Crippen MR) is 115 cm³/mol. The van der Waals surface area contributed by atoms with Gasteiger partial charge in [0.15, 0.2) is 5.75 Å². The fourth-order valence-electron chi connectivity index (χ4n) is 2.63. The molecule has 0 aliphatic rings. The van der Waals surface area contributed by atoms with Crippen LogP contribution in [-0.2, 0) is 10.1 Å². The van der Waals surface area contributed by atoms with Gasteiger partial charge in [0.2, 0.25) is 0 Å². The summed E-state index contributed by atoms with van der Waals surface area (Å²) in [4.78, 5) is 0.0503. The van der Waals surface area contributed by atoms with Crippen LogP contribution >= 0.6 is 11.6 Å². The van der Waals surface area contributed by atoms with E-state index in [1.54, 1.807) is 30.3 Å². The van der Waals surface area contributed by atoms with E-state index in [1.807, 2.05) is 38.1 Å². The van der Waals surface area contributed by atoms with Crippen LogP contribution in [0.1, 0.15) is 22.3 Å². The lowest BCUT2D eigenvalue weighted by atomic mass is 10.0. The normalized spacial score (nSPS) is 11.7. The number of nitriles is 1. The Balaban J connectivity index is 1.87. The van der Waals surface area contributed by atoms with E-state index in [2.05, 4.69) is 6.07 Å². The summed E-state index contributed by atoms with van der Waals surface area (Å²) >= 11 is 6.24. The smallest absolute Gasteiger partial charge is 0.339 e. The molecule has 0 amide bonds. The molecule has 3 aromatic carbocycles. The van der Waals surface area contributed by atoms with Crippen molar-refractivity contribution in [1.29, 1.82) is 5.26 Å². The Morgan fingerprint density at radius 3 is 2.10 bits per heavy atom. The van der Waals surface area contributed by atoms with Gasteiger partial charge >= 0.3 is 10.1 Å². The van der Waals surface area contributed by atoms with Crippen molar-refractivity contribution in [1.82, 2.24) is 0 Å². The SMILES string of the molecule is Cc1ccc(/C(C#N)=C/c2ccc(OS(=O)(=O)c3ccc(C)cc3)c(Cl)c2)cc1. The second kappa shape index (κ2) is 8.52. The first kappa shape index (κ1) is 20.7. The van der Waals surface area contributed by atoms with Crippen LogP contribution in [-0.4, -0.2) is 8.42 Å². The van der Waals surface area contributed by atoms with Gasteiger partial charge in [-0.15, -0.1) is 0 Å². The van der Waals surface area contributed by atoms with Gasteiger partial charge < -0.3 is 4.18 Å². The van der Waals surface area contributed by atoms with Gasteiger partial charge in [-0.1, -0.05) is 65.2 Å². The van der Waals surface area contributed by atoms with E-state index in [0.717, 1.165) is 16.7 Å². The average Bonchev–Trinajstić information content (AvgIpc) is 2.69. The van der Waals surface area contributed by atoms with E-state index < -0.39 is 10.1 Å². The summed E-state index contributed by atoms with van der Waals surface area (Å²) in [5, 5.41) is 9.61. The van der Waals surface area contributed by atoms with Crippen molar-refractivity contribution in [3.63, 3.8) is 0 Å². The van der Waals surface area contributed by atoms with E-state index in [0.29, 0.717) is 11.1 Å². The van der Waals surface area contributed by atoms with Crippen LogP contribution < -0.4 is 4.18 Å². The van der Waals surface area contributed by atoms with Gasteiger partial charge in [-0.25, -0.2) is 0 Å². The van der Waals surface area contributed by atoms with Crippen molar-refractivity contribution in [3.8, 4) is 11.8 Å². The fraction of sp³-hybridized carbons (Fsp3) is 0.0870. The Hall–Kier alpha value is -3.07. The molecule has 0 heterocycles. The van der Waals surface area contributed by atoms with Gasteiger partial charge in [0.1, 0.15) is 4.90 Å². The molecule has 0 aliphatic carbocycles. The zero-order valence-corrected chi connectivity index (χ0v) is 17.5. The van der Waals surface area contributed by atoms with Crippen molar-refractivity contribution in [3.05, 3.63) is 94.0 Å². The van der Waals surface area contributed by atoms with Crippen molar-refractivity contribution in [2.24, 2.45) is 0 Å². The van der Waals surface area contributed by atoms with E-state index in [4.69, 9.17) is 15.8 Å². The first-order valence-corrected chi connectivity index (χ1v) is 10.6. The molecule has 29 heavy (non-hydrogen) atoms. The average molecular weight is 424 g/mol. The molecular weight excluding hydrogens is 406 g/mol. The standard InChI is InChI=1S/C23H18ClNO3S/c1-16-3-8-19(9-4-16)20(15-25)13-18-7-12-23(22(24)14-18)28-29(26,27)21-10-5-17(2)6-11-21/h3-14H,1-2H3/b20-13+. The molecule has 0 N–H and O–H groups in total. The monoisotopic (exact) mass is 423 g/mol. The molecule has 0 aromatic heterocycles. The number of nitrogens with zero attached hydrogens (tertiary/aromatic N) is 1. The molecule has 0 bridgehead atoms. The maximum absolute atomic E-state index is 12.5. The molecular formula is C23H18ClNO3S. The number of benzene rings is 3. The van der Waals surface area contributed by atoms with Crippen LogP contribution in [0.5, 0.6) is 5.75 Å². The Morgan fingerprint density at radius 1 is 0.966 bits per heavy atom. The van der Waals surface area contributed by atoms with Crippen LogP contribution in [0.4, 0.5) is 0 Å². The van der Waals surface area contributed by atoms with Gasteiger partial charge in [-0.05, 0) is 55.3 Å². The highest BCUT2D eigenvalue weighted by Crippen LogP contribution is 2.30. The minimum atomic E-state index is -3.99. The van der Waals surface area contributed by atoms with E-state index >= 15 is 0 Å². The minimum Gasteiger partial charge on any atom is -0.377 e.